The molecule has 0 bridgehead atoms. The van der Waals surface area contributed by atoms with Crippen LogP contribution in [0.1, 0.15) is 12.0 Å². The summed E-state index contributed by atoms with van der Waals surface area (Å²) in [4.78, 5) is 11.9. The van der Waals surface area contributed by atoms with Crippen molar-refractivity contribution in [3.8, 4) is 5.75 Å². The maximum absolute atomic E-state index is 11.9. The number of rotatable bonds is 9. The molecule has 27 heavy (non-hydrogen) atoms. The van der Waals surface area contributed by atoms with Crippen molar-refractivity contribution in [1.82, 2.24) is 10.2 Å². The molecular weight excluding hydrogens is 340 g/mol. The molecule has 138 valence electrons. The summed E-state index contributed by atoms with van der Waals surface area (Å²) < 4.78 is 5.51. The molecule has 0 saturated heterocycles. The monoisotopic (exact) mass is 362 g/mol. The highest BCUT2D eigenvalue weighted by molar-refractivity contribution is 5.89. The van der Waals surface area contributed by atoms with Crippen LogP contribution < -0.4 is 15.4 Å². The molecule has 1 amide bonds. The third kappa shape index (κ3) is 6.43. The van der Waals surface area contributed by atoms with Crippen LogP contribution >= 0.6 is 0 Å². The zero-order valence-electron chi connectivity index (χ0n) is 15.0. The first-order valence-electron chi connectivity index (χ1n) is 8.89. The number of hydrogen-bond acceptors (Lipinski definition) is 5. The van der Waals surface area contributed by atoms with Gasteiger partial charge in [0.1, 0.15) is 11.6 Å². The van der Waals surface area contributed by atoms with Crippen LogP contribution in [-0.2, 0) is 11.2 Å². The van der Waals surface area contributed by atoms with E-state index in [2.05, 4.69) is 33.0 Å². The smallest absolute Gasteiger partial charge is 0.229 e. The fourth-order valence-corrected chi connectivity index (χ4v) is 2.46. The van der Waals surface area contributed by atoms with Crippen LogP contribution in [-0.4, -0.2) is 29.3 Å². The minimum Gasteiger partial charge on any atom is -0.493 e. The molecule has 6 nitrogen and oxygen atoms in total. The second-order valence-electron chi connectivity index (χ2n) is 5.93. The number of hydrogen-bond donors (Lipinski definition) is 2. The van der Waals surface area contributed by atoms with Crippen LogP contribution in [0, 0.1) is 0 Å². The van der Waals surface area contributed by atoms with Gasteiger partial charge in [0, 0.05) is 6.54 Å². The summed E-state index contributed by atoms with van der Waals surface area (Å²) in [6.07, 6.45) is 1.15. The van der Waals surface area contributed by atoms with Gasteiger partial charge in [0.25, 0.3) is 0 Å². The number of ether oxygens (including phenoxy) is 1. The van der Waals surface area contributed by atoms with E-state index in [1.54, 1.807) is 12.1 Å². The van der Waals surface area contributed by atoms with E-state index in [0.717, 1.165) is 18.7 Å². The second kappa shape index (κ2) is 9.91. The molecular formula is C21H22N4O2. The van der Waals surface area contributed by atoms with Crippen LogP contribution in [0.15, 0.2) is 72.8 Å². The molecule has 0 unspecified atom stereocenters. The Morgan fingerprint density at radius 2 is 1.52 bits per heavy atom. The Morgan fingerprint density at radius 3 is 2.22 bits per heavy atom. The Balaban J connectivity index is 1.37. The highest BCUT2D eigenvalue weighted by atomic mass is 16.5. The van der Waals surface area contributed by atoms with Gasteiger partial charge in [0.2, 0.25) is 5.91 Å². The lowest BCUT2D eigenvalue weighted by Crippen LogP contribution is -2.16. The van der Waals surface area contributed by atoms with Crippen LogP contribution in [0.3, 0.4) is 0 Å². The molecule has 0 saturated carbocycles. The van der Waals surface area contributed by atoms with Gasteiger partial charge in [-0.25, -0.2) is 0 Å². The lowest BCUT2D eigenvalue weighted by atomic mass is 10.1. The second-order valence-corrected chi connectivity index (χ2v) is 5.93. The van der Waals surface area contributed by atoms with Gasteiger partial charge in [-0.05, 0) is 36.2 Å². The van der Waals surface area contributed by atoms with Crippen LogP contribution in [0.2, 0.25) is 0 Å². The van der Waals surface area contributed by atoms with Gasteiger partial charge in [-0.1, -0.05) is 48.5 Å². The maximum atomic E-state index is 11.9. The van der Waals surface area contributed by atoms with Crippen molar-refractivity contribution in [3.05, 3.63) is 78.4 Å². The third-order valence-corrected chi connectivity index (χ3v) is 3.84. The molecule has 2 N–H and O–H groups in total. The molecule has 0 atom stereocenters. The van der Waals surface area contributed by atoms with Gasteiger partial charge in [0.15, 0.2) is 5.82 Å². The summed E-state index contributed by atoms with van der Waals surface area (Å²) in [5.41, 5.74) is 1.26. The maximum Gasteiger partial charge on any atom is 0.229 e. The summed E-state index contributed by atoms with van der Waals surface area (Å²) >= 11 is 0. The van der Waals surface area contributed by atoms with E-state index < -0.39 is 0 Å². The Hall–Kier alpha value is -3.41. The molecule has 1 aromatic heterocycles. The predicted molar refractivity (Wildman–Crippen MR) is 106 cm³/mol. The van der Waals surface area contributed by atoms with E-state index in [1.807, 2.05) is 48.5 Å². The number of anilines is 2. The van der Waals surface area contributed by atoms with E-state index in [0.29, 0.717) is 18.2 Å². The van der Waals surface area contributed by atoms with Crippen molar-refractivity contribution in [1.29, 1.82) is 0 Å². The Labute approximate surface area is 158 Å². The molecule has 0 spiro atoms. The molecule has 1 heterocycles. The molecule has 0 aliphatic heterocycles. The van der Waals surface area contributed by atoms with Gasteiger partial charge in [-0.2, -0.15) is 0 Å². The van der Waals surface area contributed by atoms with Gasteiger partial charge >= 0.3 is 0 Å². The van der Waals surface area contributed by atoms with Gasteiger partial charge in [-0.15, -0.1) is 10.2 Å². The van der Waals surface area contributed by atoms with Crippen molar-refractivity contribution in [3.63, 3.8) is 0 Å². The molecule has 3 aromatic rings. The Kier molecular flexibility index (Phi) is 6.75. The van der Waals surface area contributed by atoms with Gasteiger partial charge in [0.05, 0.1) is 13.0 Å². The van der Waals surface area contributed by atoms with Gasteiger partial charge in [-0.3, -0.25) is 4.79 Å². The van der Waals surface area contributed by atoms with Crippen LogP contribution in [0.5, 0.6) is 5.75 Å². The summed E-state index contributed by atoms with van der Waals surface area (Å²) in [5.74, 6) is 1.69. The van der Waals surface area contributed by atoms with Crippen molar-refractivity contribution in [2.45, 2.75) is 12.8 Å². The largest absolute Gasteiger partial charge is 0.493 e. The third-order valence-electron chi connectivity index (χ3n) is 3.84. The molecule has 0 aliphatic rings. The number of amides is 1. The SMILES string of the molecule is O=C(CCOc1ccccc1)Nc1ccc(NCCc2ccccc2)nn1. The fraction of sp³-hybridized carbons (Fsp3) is 0.190. The Morgan fingerprint density at radius 1 is 0.852 bits per heavy atom. The highest BCUT2D eigenvalue weighted by Gasteiger charge is 2.05. The number of nitrogens with zero attached hydrogens (tertiary/aromatic N) is 2. The number of aromatic nitrogens is 2. The summed E-state index contributed by atoms with van der Waals surface area (Å²) in [6.45, 7) is 1.07. The van der Waals surface area contributed by atoms with E-state index >= 15 is 0 Å². The zero-order valence-corrected chi connectivity index (χ0v) is 15.0. The lowest BCUT2D eigenvalue weighted by Gasteiger charge is -2.08. The topological polar surface area (TPSA) is 76.1 Å². The molecule has 0 aliphatic carbocycles. The molecule has 0 radical (unpaired) electrons. The van der Waals surface area contributed by atoms with Crippen LogP contribution in [0.25, 0.3) is 0 Å². The first-order chi connectivity index (χ1) is 13.3. The van der Waals surface area contributed by atoms with E-state index in [4.69, 9.17) is 4.74 Å². The first-order valence-corrected chi connectivity index (χ1v) is 8.89. The minimum atomic E-state index is -0.162. The van der Waals surface area contributed by atoms with E-state index in [1.165, 1.54) is 5.56 Å². The highest BCUT2D eigenvalue weighted by Crippen LogP contribution is 2.10. The summed E-state index contributed by atoms with van der Waals surface area (Å²) in [7, 11) is 0. The van der Waals surface area contributed by atoms with Crippen molar-refractivity contribution in [2.24, 2.45) is 0 Å². The molecule has 6 heteroatoms. The summed E-state index contributed by atoms with van der Waals surface area (Å²) in [6, 6.07) is 23.2. The number of carbonyl (C=O) groups excluding carboxylic acids is 1. The number of benzene rings is 2. The quantitative estimate of drug-likeness (QED) is 0.609. The standard InChI is InChI=1S/C21H22N4O2/c26-21(14-16-27-18-9-5-2-6-10-18)23-20-12-11-19(24-25-20)22-15-13-17-7-3-1-4-8-17/h1-12H,13-16H2,(H,22,24)(H,23,25,26). The van der Waals surface area contributed by atoms with Crippen LogP contribution in [0.4, 0.5) is 11.6 Å². The molecule has 3 rings (SSSR count). The van der Waals surface area contributed by atoms with Gasteiger partial charge < -0.3 is 15.4 Å². The molecule has 0 fully saturated rings. The first kappa shape index (κ1) is 18.4. The molecule has 2 aromatic carbocycles. The lowest BCUT2D eigenvalue weighted by molar-refractivity contribution is -0.116. The zero-order chi connectivity index (χ0) is 18.7. The van der Waals surface area contributed by atoms with Crippen molar-refractivity contribution < 1.29 is 9.53 Å². The van der Waals surface area contributed by atoms with Crippen molar-refractivity contribution >= 4 is 17.5 Å². The minimum absolute atomic E-state index is 0.162. The number of para-hydroxylation sites is 1. The normalized spacial score (nSPS) is 10.2. The van der Waals surface area contributed by atoms with E-state index in [-0.39, 0.29) is 12.3 Å². The number of carbonyl (C=O) groups is 1. The van der Waals surface area contributed by atoms with E-state index in [9.17, 15) is 4.79 Å². The Bertz CT molecular complexity index is 824. The van der Waals surface area contributed by atoms with Crippen molar-refractivity contribution in [2.75, 3.05) is 23.8 Å². The number of nitrogens with one attached hydrogen (secondary N) is 2. The fourth-order valence-electron chi connectivity index (χ4n) is 2.46. The predicted octanol–water partition coefficient (Wildman–Crippen LogP) is 3.54. The average molecular weight is 362 g/mol. The summed E-state index contributed by atoms with van der Waals surface area (Å²) in [5, 5.41) is 14.0. The average Bonchev–Trinajstić information content (AvgIpc) is 2.71.